The largest absolute Gasteiger partial charge is 0.309 e. The van der Waals surface area contributed by atoms with Gasteiger partial charge in [-0.2, -0.15) is 0 Å². The molecule has 1 rings (SSSR count). The van der Waals surface area contributed by atoms with Crippen molar-refractivity contribution in [2.75, 3.05) is 13.1 Å². The molecule has 0 saturated carbocycles. The van der Waals surface area contributed by atoms with E-state index in [0.29, 0.717) is 6.54 Å². The Morgan fingerprint density at radius 2 is 1.88 bits per heavy atom. The third-order valence-corrected chi connectivity index (χ3v) is 3.23. The second kappa shape index (κ2) is 5.62. The maximum absolute atomic E-state index is 11.6. The van der Waals surface area contributed by atoms with E-state index in [1.54, 1.807) is 18.2 Å². The summed E-state index contributed by atoms with van der Waals surface area (Å²) in [7, 11) is -3.73. The van der Waals surface area contributed by atoms with Gasteiger partial charge < -0.3 is 5.32 Å². The van der Waals surface area contributed by atoms with Crippen molar-refractivity contribution in [3.63, 3.8) is 0 Å². The summed E-state index contributed by atoms with van der Waals surface area (Å²) in [5.74, 6) is -0.564. The molecule has 0 atom stereocenters. The van der Waals surface area contributed by atoms with E-state index in [4.69, 9.17) is 0 Å². The van der Waals surface area contributed by atoms with Gasteiger partial charge in [0.15, 0.2) is 0 Å². The molecule has 1 aromatic carbocycles. The molecule has 0 saturated heterocycles. The van der Waals surface area contributed by atoms with E-state index in [1.807, 2.05) is 11.6 Å². The molecule has 0 radical (unpaired) electrons. The van der Waals surface area contributed by atoms with E-state index in [0.717, 1.165) is 0 Å². The lowest BCUT2D eigenvalue weighted by atomic mass is 10.4. The number of hydrogen-bond acceptors (Lipinski definition) is 4. The Morgan fingerprint density at radius 3 is 2.44 bits per heavy atom. The molecule has 0 heterocycles. The summed E-state index contributed by atoms with van der Waals surface area (Å²) in [6.45, 7) is 2.43. The highest BCUT2D eigenvalue weighted by Gasteiger charge is 2.16. The quantitative estimate of drug-likeness (QED) is 0.768. The van der Waals surface area contributed by atoms with Gasteiger partial charge >= 0.3 is 0 Å². The van der Waals surface area contributed by atoms with Crippen molar-refractivity contribution >= 4 is 15.9 Å². The number of rotatable bonds is 5. The minimum absolute atomic E-state index is 0.0113. The zero-order valence-electron chi connectivity index (χ0n) is 8.93. The summed E-state index contributed by atoms with van der Waals surface area (Å²) in [6, 6.07) is 7.78. The van der Waals surface area contributed by atoms with Crippen LogP contribution in [-0.4, -0.2) is 27.4 Å². The van der Waals surface area contributed by atoms with Crippen LogP contribution in [-0.2, 0) is 14.8 Å². The van der Waals surface area contributed by atoms with Crippen LogP contribution in [0.2, 0.25) is 0 Å². The predicted molar refractivity (Wildman–Crippen MR) is 60.3 cm³/mol. The number of likely N-dealkylation sites (N-methyl/N-ethyl adjacent to an activating group) is 1. The fraction of sp³-hybridized carbons (Fsp3) is 0.300. The Balaban J connectivity index is 2.70. The molecule has 2 N–H and O–H groups in total. The highest BCUT2D eigenvalue weighted by atomic mass is 32.2. The van der Waals surface area contributed by atoms with Gasteiger partial charge in [-0.15, -0.1) is 0 Å². The summed E-state index contributed by atoms with van der Waals surface area (Å²) in [5.41, 5.74) is 0. The summed E-state index contributed by atoms with van der Waals surface area (Å²) < 4.78 is 25.3. The monoisotopic (exact) mass is 242 g/mol. The van der Waals surface area contributed by atoms with E-state index in [9.17, 15) is 13.2 Å². The van der Waals surface area contributed by atoms with E-state index in [1.165, 1.54) is 12.1 Å². The average Bonchev–Trinajstić information content (AvgIpc) is 2.27. The fourth-order valence-corrected chi connectivity index (χ4v) is 2.09. The van der Waals surface area contributed by atoms with Crippen molar-refractivity contribution in [3.8, 4) is 0 Å². The first-order valence-electron chi connectivity index (χ1n) is 4.87. The number of hydrogen-bond donors (Lipinski definition) is 2. The van der Waals surface area contributed by atoms with E-state index in [2.05, 4.69) is 5.32 Å². The molecule has 16 heavy (non-hydrogen) atoms. The van der Waals surface area contributed by atoms with Crippen LogP contribution >= 0.6 is 0 Å². The Kier molecular flexibility index (Phi) is 4.45. The van der Waals surface area contributed by atoms with E-state index in [-0.39, 0.29) is 11.4 Å². The van der Waals surface area contributed by atoms with Crippen molar-refractivity contribution in [2.24, 2.45) is 0 Å². The van der Waals surface area contributed by atoms with Crippen LogP contribution in [0.25, 0.3) is 0 Å². The van der Waals surface area contributed by atoms with Crippen molar-refractivity contribution in [2.45, 2.75) is 11.8 Å². The Bertz CT molecular complexity index is 442. The molecule has 0 unspecified atom stereocenters. The highest BCUT2D eigenvalue weighted by Crippen LogP contribution is 2.06. The van der Waals surface area contributed by atoms with Gasteiger partial charge in [0.25, 0.3) is 10.0 Å². The van der Waals surface area contributed by atoms with Gasteiger partial charge in [-0.3, -0.25) is 4.79 Å². The van der Waals surface area contributed by atoms with Gasteiger partial charge in [-0.25, -0.2) is 13.1 Å². The normalized spacial score (nSPS) is 11.1. The van der Waals surface area contributed by atoms with Gasteiger partial charge in [0.2, 0.25) is 5.91 Å². The molecule has 0 spiro atoms. The summed E-state index contributed by atoms with van der Waals surface area (Å²) >= 11 is 0. The number of sulfonamides is 1. The number of amides is 1. The average molecular weight is 242 g/mol. The van der Waals surface area contributed by atoms with Gasteiger partial charge in [-0.05, 0) is 18.7 Å². The Hall–Kier alpha value is -1.40. The highest BCUT2D eigenvalue weighted by molar-refractivity contribution is 7.90. The third kappa shape index (κ3) is 3.63. The summed E-state index contributed by atoms with van der Waals surface area (Å²) in [4.78, 5) is 11.3. The molecule has 5 nitrogen and oxygen atoms in total. The molecular weight excluding hydrogens is 228 g/mol. The molecule has 6 heteroatoms. The second-order valence-corrected chi connectivity index (χ2v) is 4.80. The van der Waals surface area contributed by atoms with Crippen LogP contribution in [0.5, 0.6) is 0 Å². The van der Waals surface area contributed by atoms with Crippen LogP contribution in [0.1, 0.15) is 6.92 Å². The van der Waals surface area contributed by atoms with Gasteiger partial charge in [0.05, 0.1) is 11.4 Å². The zero-order valence-corrected chi connectivity index (χ0v) is 9.75. The van der Waals surface area contributed by atoms with Crippen molar-refractivity contribution in [1.82, 2.24) is 10.0 Å². The standard InChI is InChI=1S/C10H14N2O3S/c1-2-11-8-10(13)12-16(14,15)9-6-4-3-5-7-9/h3-7,11H,2,8H2,1H3,(H,12,13). The Labute approximate surface area is 94.9 Å². The number of nitrogens with one attached hydrogen (secondary N) is 2. The molecule has 88 valence electrons. The second-order valence-electron chi connectivity index (χ2n) is 3.12. The fourth-order valence-electron chi connectivity index (χ4n) is 1.08. The first-order valence-corrected chi connectivity index (χ1v) is 6.36. The molecule has 0 aliphatic rings. The molecule has 1 aromatic rings. The smallest absolute Gasteiger partial charge is 0.264 e. The number of carbonyl (C=O) groups excluding carboxylic acids is 1. The van der Waals surface area contributed by atoms with Crippen molar-refractivity contribution < 1.29 is 13.2 Å². The molecule has 0 bridgehead atoms. The van der Waals surface area contributed by atoms with Crippen LogP contribution in [0, 0.1) is 0 Å². The van der Waals surface area contributed by atoms with Gasteiger partial charge in [0.1, 0.15) is 0 Å². The minimum atomic E-state index is -3.73. The van der Waals surface area contributed by atoms with Gasteiger partial charge in [0, 0.05) is 0 Å². The molecular formula is C10H14N2O3S. The first kappa shape index (κ1) is 12.7. The third-order valence-electron chi connectivity index (χ3n) is 1.84. The Morgan fingerprint density at radius 1 is 1.25 bits per heavy atom. The lowest BCUT2D eigenvalue weighted by molar-refractivity contribution is -0.118. The van der Waals surface area contributed by atoms with Crippen LogP contribution in [0.15, 0.2) is 35.2 Å². The number of carbonyl (C=O) groups is 1. The molecule has 0 aromatic heterocycles. The van der Waals surface area contributed by atoms with E-state index < -0.39 is 15.9 Å². The predicted octanol–water partition coefficient (Wildman–Crippen LogP) is 0.101. The summed E-state index contributed by atoms with van der Waals surface area (Å²) in [5, 5.41) is 2.75. The van der Waals surface area contributed by atoms with Gasteiger partial charge in [-0.1, -0.05) is 25.1 Å². The van der Waals surface area contributed by atoms with Crippen LogP contribution in [0.3, 0.4) is 0 Å². The SMILES string of the molecule is CCNCC(=O)NS(=O)(=O)c1ccccc1. The van der Waals surface area contributed by atoms with Crippen molar-refractivity contribution in [1.29, 1.82) is 0 Å². The molecule has 0 fully saturated rings. The molecule has 0 aliphatic carbocycles. The van der Waals surface area contributed by atoms with Crippen LogP contribution in [0.4, 0.5) is 0 Å². The van der Waals surface area contributed by atoms with Crippen molar-refractivity contribution in [3.05, 3.63) is 30.3 Å². The first-order chi connectivity index (χ1) is 7.56. The summed E-state index contributed by atoms with van der Waals surface area (Å²) in [6.07, 6.45) is 0. The maximum Gasteiger partial charge on any atom is 0.264 e. The molecule has 1 amide bonds. The zero-order chi connectivity index (χ0) is 12.0. The topological polar surface area (TPSA) is 75.3 Å². The lowest BCUT2D eigenvalue weighted by Gasteiger charge is -2.06. The van der Waals surface area contributed by atoms with E-state index >= 15 is 0 Å². The van der Waals surface area contributed by atoms with Crippen LogP contribution < -0.4 is 10.0 Å². The minimum Gasteiger partial charge on any atom is -0.309 e. The molecule has 0 aliphatic heterocycles. The lowest BCUT2D eigenvalue weighted by Crippen LogP contribution is -2.37. The number of benzene rings is 1. The maximum atomic E-state index is 11.6.